The molecule has 0 aliphatic rings. The Bertz CT molecular complexity index is 1090. The first kappa shape index (κ1) is 73.8. The smallest absolute Gasteiger partial charge is 0.544 e. The van der Waals surface area contributed by atoms with Gasteiger partial charge in [0.15, 0.2) is 0 Å². The Morgan fingerprint density at radius 3 is 0.565 bits per heavy atom. The molecule has 0 saturated heterocycles. The van der Waals surface area contributed by atoms with E-state index in [4.69, 9.17) is 102 Å². The third-order valence-electron chi connectivity index (χ3n) is 6.86. The maximum Gasteiger partial charge on any atom is 3.00 e. The summed E-state index contributed by atoms with van der Waals surface area (Å²) < 4.78 is 14.2. The van der Waals surface area contributed by atoms with Crippen LogP contribution < -0.4 is 71.8 Å². The van der Waals surface area contributed by atoms with E-state index < -0.39 is 147 Å². The molecule has 0 unspecified atom stereocenters. The molecule has 62 heavy (non-hydrogen) atoms. The number of carbonyl (C=O) groups excluding carboxylic acids is 4. The Balaban J connectivity index is -0.000000167. The van der Waals surface area contributed by atoms with E-state index in [2.05, 4.69) is 64.6 Å². The molecule has 0 aliphatic carbocycles. The SMILES string of the molecule is O=C([O-])[C@@](O)(OCl)[C@@H](O)[C@H](O)[C@H](O)CO.O=C([O-])[C@@](O)(OCl)[C@@H](O)[C@H](O)[C@H](O)CO.O=C([O-])[C@@](O)(OCl)[C@@H](O)[C@H](O)[C@H](O)CO.O=C([O-])[C@@](O)(OCl)[C@@H](O)[C@H](O)[C@H](O)CO.[Al+3].[K+]. The fourth-order valence-electron chi connectivity index (χ4n) is 2.99. The number of hydrogen-bond donors (Lipinski definition) is 20. The minimum atomic E-state index is -3.39. The molecule has 0 aromatic rings. The summed E-state index contributed by atoms with van der Waals surface area (Å²) >= 11 is 18.4. The molecule has 360 valence electrons. The summed E-state index contributed by atoms with van der Waals surface area (Å²) in [5.74, 6) is -22.8. The number of aliphatic hydroxyl groups is 20. The van der Waals surface area contributed by atoms with Crippen molar-refractivity contribution in [3.63, 3.8) is 0 Å². The zero-order chi connectivity index (χ0) is 48.9. The normalized spacial score (nSPS) is 20.8. The molecule has 16 atom stereocenters. The minimum absolute atomic E-state index is 0. The Morgan fingerprint density at radius 1 is 0.387 bits per heavy atom. The van der Waals surface area contributed by atoms with Crippen molar-refractivity contribution >= 4 is 88.7 Å². The second kappa shape index (κ2) is 34.5. The molecule has 0 radical (unpaired) electrons. The van der Waals surface area contributed by atoms with Crippen LogP contribution in [0.15, 0.2) is 0 Å². The fourth-order valence-corrected chi connectivity index (χ4v) is 3.61. The molecular weight excluding hydrogens is 1010 g/mol. The number of carbonyl (C=O) groups is 4. The average Bonchev–Trinajstić information content (AvgIpc) is 3.24. The van der Waals surface area contributed by atoms with Crippen molar-refractivity contribution in [3.05, 3.63) is 0 Å². The Labute approximate surface area is 418 Å². The summed E-state index contributed by atoms with van der Waals surface area (Å²) in [5, 5.41) is 219. The van der Waals surface area contributed by atoms with Gasteiger partial charge in [0.1, 0.15) is 97.1 Å². The van der Waals surface area contributed by atoms with Gasteiger partial charge in [0, 0.05) is 0 Å². The molecule has 0 rings (SSSR count). The molecule has 0 bridgehead atoms. The molecular formula is C24H40AlCl4KO32. The van der Waals surface area contributed by atoms with E-state index in [1.165, 1.54) is 0 Å². The van der Waals surface area contributed by atoms with Gasteiger partial charge in [0.2, 0.25) is 0 Å². The standard InChI is InChI=1S/4C6H11ClO8.Al.K/c4*7-15-6(14,5(12)13)4(11)3(10)2(9)1-8;;/h4*2-4,8-11,14H,1H2,(H,12,13);;/q;;;;+3;+1/p-4/t4*2-,3-,4+,6+;;/m1111../s1. The molecule has 38 heteroatoms. The van der Waals surface area contributed by atoms with Crippen LogP contribution >= 0.6 is 47.5 Å². The number of rotatable bonds is 24. The van der Waals surface area contributed by atoms with Gasteiger partial charge in [0.05, 0.1) is 73.9 Å². The van der Waals surface area contributed by atoms with Crippen LogP contribution in [0.25, 0.3) is 0 Å². The second-order valence-corrected chi connectivity index (χ2v) is 11.6. The molecule has 0 aliphatic heterocycles. The number of aliphatic hydroxyl groups excluding tert-OH is 16. The van der Waals surface area contributed by atoms with Gasteiger partial charge < -0.3 is 142 Å². The van der Waals surface area contributed by atoms with Gasteiger partial charge in [-0.15, -0.1) is 0 Å². The van der Waals surface area contributed by atoms with E-state index in [-0.39, 0.29) is 68.7 Å². The maximum absolute atomic E-state index is 10.3. The predicted octanol–water partition coefficient (Wildman–Crippen LogP) is -20.7. The van der Waals surface area contributed by atoms with E-state index in [0.29, 0.717) is 0 Å². The first-order valence-electron chi connectivity index (χ1n) is 14.8. The Morgan fingerprint density at radius 2 is 0.500 bits per heavy atom. The fraction of sp³-hybridized carbons (Fsp3) is 0.833. The van der Waals surface area contributed by atoms with Gasteiger partial charge >= 0.3 is 68.7 Å². The molecule has 0 fully saturated rings. The molecule has 32 nitrogen and oxygen atoms in total. The molecule has 0 amide bonds. The first-order valence-corrected chi connectivity index (χ1v) is 16.0. The molecule has 0 aromatic heterocycles. The van der Waals surface area contributed by atoms with Crippen LogP contribution in [0.5, 0.6) is 0 Å². The number of carboxylic acid groups (broad SMARTS) is 4. The van der Waals surface area contributed by atoms with Gasteiger partial charge in [-0.1, -0.05) is 0 Å². The van der Waals surface area contributed by atoms with Gasteiger partial charge in [-0.3, -0.25) is 0 Å². The summed E-state index contributed by atoms with van der Waals surface area (Å²) in [5.41, 5.74) is 0. The molecule has 0 saturated carbocycles. The van der Waals surface area contributed by atoms with Crippen molar-refractivity contribution in [1.82, 2.24) is 0 Å². The maximum atomic E-state index is 10.3. The monoisotopic (exact) mass is 1050 g/mol. The number of carboxylic acids is 4. The minimum Gasteiger partial charge on any atom is -0.544 e. The number of aliphatic carboxylic acids is 4. The predicted molar refractivity (Wildman–Crippen MR) is 174 cm³/mol. The van der Waals surface area contributed by atoms with Gasteiger partial charge in [0.25, 0.3) is 23.1 Å². The first-order chi connectivity index (χ1) is 27.2. The zero-order valence-corrected chi connectivity index (χ0v) is 38.0. The third kappa shape index (κ3) is 21.0. The van der Waals surface area contributed by atoms with Crippen LogP contribution in [0.4, 0.5) is 0 Å². The average molecular weight is 1050 g/mol. The van der Waals surface area contributed by atoms with Crippen molar-refractivity contribution < 1.29 is 210 Å². The largest absolute Gasteiger partial charge is 3.00 e. The van der Waals surface area contributed by atoms with Crippen LogP contribution in [0, 0.1) is 0 Å². The summed E-state index contributed by atoms with van der Waals surface area (Å²) in [4.78, 5) is 41.3. The third-order valence-corrected chi connectivity index (χ3v) is 7.80. The second-order valence-electron chi connectivity index (χ2n) is 11.0. The van der Waals surface area contributed by atoms with E-state index in [0.717, 1.165) is 0 Å². The van der Waals surface area contributed by atoms with E-state index in [1.807, 2.05) is 0 Å². The van der Waals surface area contributed by atoms with Crippen LogP contribution in [0.3, 0.4) is 0 Å². The van der Waals surface area contributed by atoms with Crippen LogP contribution in [-0.2, 0) is 36.3 Å². The molecule has 20 N–H and O–H groups in total. The van der Waals surface area contributed by atoms with Crippen molar-refractivity contribution in [2.45, 2.75) is 96.4 Å². The van der Waals surface area contributed by atoms with Gasteiger partial charge in [-0.05, 0) is 0 Å². The summed E-state index contributed by atoms with van der Waals surface area (Å²) in [6, 6.07) is 0. The zero-order valence-electron chi connectivity index (χ0n) is 30.7. The summed E-state index contributed by atoms with van der Waals surface area (Å²) in [6.07, 6.45) is -26.2. The number of halogens is 4. The molecule has 0 spiro atoms. The topological polar surface area (TPSA) is 602 Å². The molecule has 0 heterocycles. The van der Waals surface area contributed by atoms with E-state index in [9.17, 15) is 39.6 Å². The van der Waals surface area contributed by atoms with Crippen molar-refractivity contribution in [2.24, 2.45) is 0 Å². The van der Waals surface area contributed by atoms with Crippen LogP contribution in [0.2, 0.25) is 0 Å². The van der Waals surface area contributed by atoms with Gasteiger partial charge in [-0.25, -0.2) is 17.2 Å². The van der Waals surface area contributed by atoms with E-state index in [1.54, 1.807) is 0 Å². The van der Waals surface area contributed by atoms with Crippen LogP contribution in [0.1, 0.15) is 0 Å². The molecule has 0 aromatic carbocycles. The summed E-state index contributed by atoms with van der Waals surface area (Å²) in [7, 11) is 0. The van der Waals surface area contributed by atoms with Crippen LogP contribution in [-0.4, -0.2) is 266 Å². The van der Waals surface area contributed by atoms with Gasteiger partial charge in [-0.2, -0.15) is 0 Å². The summed E-state index contributed by atoms with van der Waals surface area (Å²) in [6.45, 7) is -3.87. The Hall–Kier alpha value is 0.249. The van der Waals surface area contributed by atoms with Crippen molar-refractivity contribution in [2.75, 3.05) is 26.4 Å². The van der Waals surface area contributed by atoms with Crippen molar-refractivity contribution in [1.29, 1.82) is 0 Å². The van der Waals surface area contributed by atoms with E-state index >= 15 is 0 Å². The van der Waals surface area contributed by atoms with Crippen molar-refractivity contribution in [3.8, 4) is 0 Å². The quantitative estimate of drug-likeness (QED) is 0.0315. The Kier molecular flexibility index (Phi) is 41.1. The number of hydrogen-bond acceptors (Lipinski definition) is 32.